The minimum atomic E-state index is -4.94. The fourth-order valence-electron chi connectivity index (χ4n) is 5.87. The quantitative estimate of drug-likeness (QED) is 0.129. The molecular weight excluding hydrogens is 895 g/mol. The third-order valence-electron chi connectivity index (χ3n) is 7.73. The Kier molecular flexibility index (Phi) is 16.7. The summed E-state index contributed by atoms with van der Waals surface area (Å²) in [4.78, 5) is 0. The molecule has 0 bridgehead atoms. The van der Waals surface area contributed by atoms with E-state index in [9.17, 15) is 10.2 Å². The zero-order chi connectivity index (χ0) is 36.7. The second-order valence-corrected chi connectivity index (χ2v) is 18.6. The second-order valence-electron chi connectivity index (χ2n) is 11.3. The first-order valence-corrected chi connectivity index (χ1v) is 20.9. The van der Waals surface area contributed by atoms with Crippen molar-refractivity contribution < 1.29 is 61.5 Å². The number of hydrogen-bond donors (Lipinski definition) is 0. The van der Waals surface area contributed by atoms with Gasteiger partial charge in [0, 0.05) is 0 Å². The number of halogens is 1. The van der Waals surface area contributed by atoms with E-state index in [2.05, 4.69) is 72.8 Å². The molecule has 0 N–H and O–H groups in total. The predicted octanol–water partition coefficient (Wildman–Crippen LogP) is 1.65. The van der Waals surface area contributed by atoms with Crippen LogP contribution in [0.1, 0.15) is 13.8 Å². The number of benzene rings is 6. The van der Waals surface area contributed by atoms with E-state index in [1.807, 2.05) is 121 Å². The number of rotatable bonds is 8. The first kappa shape index (κ1) is 42.5. The summed E-state index contributed by atoms with van der Waals surface area (Å²) in [6.07, 6.45) is 0. The van der Waals surface area contributed by atoms with Gasteiger partial charge in [-0.1, -0.05) is 135 Å². The molecule has 0 aliphatic heterocycles. The third-order valence-corrected chi connectivity index (χ3v) is 15.9. The topological polar surface area (TPSA) is 138 Å². The zero-order valence-electron chi connectivity index (χ0n) is 28.5. The molecule has 0 atom stereocenters. The molecule has 6 rings (SSSR count). The molecule has 52 heavy (non-hydrogen) atoms. The average molecular weight is 933 g/mol. The normalized spacial score (nSPS) is 11.9. The van der Waals surface area contributed by atoms with Crippen molar-refractivity contribution >= 4 is 46.4 Å². The molecule has 0 unspecified atom stereocenters. The molecule has 0 fully saturated rings. The van der Waals surface area contributed by atoms with Crippen LogP contribution in [0.5, 0.6) is 0 Å². The van der Waals surface area contributed by atoms with E-state index < -0.39 is 24.8 Å². The first-order valence-electron chi connectivity index (χ1n) is 15.9. The summed E-state index contributed by atoms with van der Waals surface area (Å²) in [5.41, 5.74) is 0. The van der Waals surface area contributed by atoms with Gasteiger partial charge in [-0.05, 0) is 72.8 Å². The van der Waals surface area contributed by atoms with E-state index >= 15 is 0 Å². The van der Waals surface area contributed by atoms with E-state index in [-0.39, 0.29) is 33.9 Å². The third kappa shape index (κ3) is 11.6. The molecule has 0 heterocycles. The molecule has 0 saturated heterocycles. The summed E-state index contributed by atoms with van der Waals surface area (Å²) in [5, 5.41) is 31.5. The van der Waals surface area contributed by atoms with Crippen LogP contribution >= 0.6 is 14.5 Å². The minimum absolute atomic E-state index is 0. The summed E-state index contributed by atoms with van der Waals surface area (Å²) < 4.78 is 34.0. The van der Waals surface area contributed by atoms with Gasteiger partial charge in [0.2, 0.25) is 0 Å². The van der Waals surface area contributed by atoms with Gasteiger partial charge in [-0.15, -0.1) is 10.2 Å². The van der Waals surface area contributed by atoms with Crippen molar-refractivity contribution in [2.75, 3.05) is 0 Å². The van der Waals surface area contributed by atoms with Gasteiger partial charge in [-0.3, -0.25) is 0 Å². The van der Waals surface area contributed by atoms with Gasteiger partial charge in [0.25, 0.3) is 0 Å². The van der Waals surface area contributed by atoms with Crippen molar-refractivity contribution in [1.82, 2.24) is 0 Å². The Morgan fingerprint density at radius 3 is 0.615 bits per heavy atom. The van der Waals surface area contributed by atoms with Crippen LogP contribution < -0.4 is 60.7 Å². The Bertz CT molecular complexity index is 1620. The average Bonchev–Trinajstić information content (AvgIpc) is 3.14. The van der Waals surface area contributed by atoms with Crippen molar-refractivity contribution in [1.29, 1.82) is 0 Å². The standard InChI is InChI=1S/2C21H19OP.Au.ClHO4/c2*1-18(22)17-23(19-11-5-2-6-12-19,20-13-7-3-8-14-20)21-15-9-4-10-16-21;;2-1(3,4)5/h2*2-17H,1H3;;(H,2,3,4,5)/q;;+1;/p-1/b2*18-17-;;. The van der Waals surface area contributed by atoms with E-state index in [0.717, 1.165) is 0 Å². The molecule has 0 radical (unpaired) electrons. The molecule has 0 aliphatic rings. The maximum atomic E-state index is 12.2. The molecule has 0 aliphatic carbocycles. The molecule has 0 aromatic heterocycles. The molecule has 6 aromatic rings. The van der Waals surface area contributed by atoms with Gasteiger partial charge in [0.05, 0.1) is 11.6 Å². The zero-order valence-corrected chi connectivity index (χ0v) is 33.2. The van der Waals surface area contributed by atoms with Gasteiger partial charge >= 0.3 is 22.4 Å². The molecule has 0 amide bonds. The van der Waals surface area contributed by atoms with Crippen molar-refractivity contribution in [3.63, 3.8) is 0 Å². The molecule has 10 heteroatoms. The molecule has 0 saturated carbocycles. The largest absolute Gasteiger partial charge is 1.00 e. The van der Waals surface area contributed by atoms with E-state index in [1.165, 1.54) is 31.8 Å². The van der Waals surface area contributed by atoms with E-state index in [1.54, 1.807) is 13.8 Å². The van der Waals surface area contributed by atoms with E-state index in [4.69, 9.17) is 18.6 Å². The van der Waals surface area contributed by atoms with Crippen molar-refractivity contribution in [2.24, 2.45) is 0 Å². The van der Waals surface area contributed by atoms with Crippen molar-refractivity contribution in [3.05, 3.63) is 205 Å². The van der Waals surface area contributed by atoms with Crippen LogP contribution in [-0.2, 0) is 22.4 Å². The van der Waals surface area contributed by atoms with Gasteiger partial charge in [0.1, 0.15) is 46.4 Å². The number of hydrogen-bond acceptors (Lipinski definition) is 6. The molecule has 6 nitrogen and oxygen atoms in total. The van der Waals surface area contributed by atoms with Crippen molar-refractivity contribution in [3.8, 4) is 0 Å². The molecule has 6 aromatic carbocycles. The fourth-order valence-corrected chi connectivity index (χ4v) is 13.5. The predicted molar refractivity (Wildman–Crippen MR) is 198 cm³/mol. The Labute approximate surface area is 325 Å². The van der Waals surface area contributed by atoms with Crippen LogP contribution in [0.25, 0.3) is 0 Å². The van der Waals surface area contributed by atoms with Crippen LogP contribution in [0.15, 0.2) is 205 Å². The van der Waals surface area contributed by atoms with Gasteiger partial charge < -0.3 is 10.2 Å². The minimum Gasteiger partial charge on any atom is -0.873 e. The maximum Gasteiger partial charge on any atom is 1.00 e. The number of allylic oxidation sites excluding steroid dienone is 2. The Morgan fingerprint density at radius 2 is 0.500 bits per heavy atom. The monoisotopic (exact) mass is 932 g/mol. The smallest absolute Gasteiger partial charge is 0.873 e. The van der Waals surface area contributed by atoms with Gasteiger partial charge in [-0.2, -0.15) is 0 Å². The van der Waals surface area contributed by atoms with Crippen molar-refractivity contribution in [2.45, 2.75) is 13.8 Å². The second kappa shape index (κ2) is 20.4. The molecular formula is C42H38AuClO6P2. The van der Waals surface area contributed by atoms with Crippen LogP contribution in [-0.4, -0.2) is 0 Å². The van der Waals surface area contributed by atoms with Crippen LogP contribution in [0, 0.1) is 10.2 Å². The summed E-state index contributed by atoms with van der Waals surface area (Å²) in [6.45, 7) is 3.28. The van der Waals surface area contributed by atoms with Crippen LogP contribution in [0.2, 0.25) is 0 Å². The Morgan fingerprint density at radius 1 is 0.365 bits per heavy atom. The van der Waals surface area contributed by atoms with Gasteiger partial charge in [0.15, 0.2) is 0 Å². The van der Waals surface area contributed by atoms with Gasteiger partial charge in [-0.25, -0.2) is 18.6 Å². The van der Waals surface area contributed by atoms with Crippen LogP contribution in [0.4, 0.5) is 0 Å². The Balaban J connectivity index is 0.000000244. The van der Waals surface area contributed by atoms with Crippen LogP contribution in [0.3, 0.4) is 0 Å². The SMILES string of the molecule is C/C([O-])=C/[P+](c1ccccc1)(c1ccccc1)c1ccccc1.C/C([O-])=C/[P+](c1ccccc1)(c1ccccc1)c1ccccc1.[Au+].[O-][Cl+3]([O-])([O-])[O-]. The summed E-state index contributed by atoms with van der Waals surface area (Å²) in [6, 6.07) is 62.2. The summed E-state index contributed by atoms with van der Waals surface area (Å²) in [5.74, 6) is 4.09. The first-order chi connectivity index (χ1) is 24.5. The summed E-state index contributed by atoms with van der Waals surface area (Å²) in [7, 11) is -9.11. The van der Waals surface area contributed by atoms with E-state index in [0.29, 0.717) is 0 Å². The molecule has 270 valence electrons. The molecule has 0 spiro atoms. The Hall–Kier alpha value is -3.87. The maximum absolute atomic E-state index is 12.2. The fraction of sp³-hybridized carbons (Fsp3) is 0.0476. The summed E-state index contributed by atoms with van der Waals surface area (Å²) >= 11 is 0.